The normalized spacial score (nSPS) is 12.1. The molecule has 0 aliphatic carbocycles. The van der Waals surface area contributed by atoms with E-state index in [1.807, 2.05) is 34.6 Å². The minimum absolute atomic E-state index is 0.0129. The van der Waals surface area contributed by atoms with Crippen molar-refractivity contribution >= 4 is 17.6 Å². The molecule has 0 bridgehead atoms. The molecule has 106 valence electrons. The Morgan fingerprint density at radius 1 is 1.16 bits per heavy atom. The van der Waals surface area contributed by atoms with Gasteiger partial charge in [0.2, 0.25) is 0 Å². The fourth-order valence-electron chi connectivity index (χ4n) is 1.65. The molecule has 1 rings (SSSR count). The Bertz CT molecular complexity index is 452. The standard InChI is InChI=1S/C13H22N4O2/c1-12(2,3)16-9-6-10(15-8-14-9)17-13(4,5)7-11(18)19/h6,8H,7H2,1-5H3,(H,18,19)(H2,14,15,16,17). The molecule has 19 heavy (non-hydrogen) atoms. The number of aliphatic carboxylic acids is 1. The van der Waals surface area contributed by atoms with Crippen molar-refractivity contribution in [2.45, 2.75) is 52.1 Å². The first-order valence-electron chi connectivity index (χ1n) is 6.18. The van der Waals surface area contributed by atoms with Gasteiger partial charge < -0.3 is 15.7 Å². The summed E-state index contributed by atoms with van der Waals surface area (Å²) in [6.07, 6.45) is 1.46. The van der Waals surface area contributed by atoms with E-state index in [1.165, 1.54) is 6.33 Å². The summed E-state index contributed by atoms with van der Waals surface area (Å²) in [7, 11) is 0. The lowest BCUT2D eigenvalue weighted by Gasteiger charge is -2.26. The molecular weight excluding hydrogens is 244 g/mol. The van der Waals surface area contributed by atoms with E-state index in [0.29, 0.717) is 11.6 Å². The molecular formula is C13H22N4O2. The van der Waals surface area contributed by atoms with Crippen molar-refractivity contribution in [2.24, 2.45) is 0 Å². The lowest BCUT2D eigenvalue weighted by atomic mass is 10.0. The summed E-state index contributed by atoms with van der Waals surface area (Å²) < 4.78 is 0. The van der Waals surface area contributed by atoms with Crippen LogP contribution >= 0.6 is 0 Å². The molecule has 6 heteroatoms. The van der Waals surface area contributed by atoms with Gasteiger partial charge in [0.25, 0.3) is 0 Å². The van der Waals surface area contributed by atoms with Crippen LogP contribution in [0.3, 0.4) is 0 Å². The Morgan fingerprint density at radius 2 is 1.68 bits per heavy atom. The van der Waals surface area contributed by atoms with Gasteiger partial charge in [-0.2, -0.15) is 0 Å². The van der Waals surface area contributed by atoms with Crippen LogP contribution in [0.5, 0.6) is 0 Å². The molecule has 1 aromatic rings. The van der Waals surface area contributed by atoms with E-state index in [-0.39, 0.29) is 12.0 Å². The molecule has 0 fully saturated rings. The first-order valence-corrected chi connectivity index (χ1v) is 6.18. The van der Waals surface area contributed by atoms with Gasteiger partial charge in [-0.05, 0) is 34.6 Å². The Labute approximate surface area is 113 Å². The van der Waals surface area contributed by atoms with Crippen molar-refractivity contribution in [1.82, 2.24) is 9.97 Å². The molecule has 3 N–H and O–H groups in total. The van der Waals surface area contributed by atoms with E-state index in [9.17, 15) is 4.79 Å². The number of nitrogens with zero attached hydrogens (tertiary/aromatic N) is 2. The highest BCUT2D eigenvalue weighted by atomic mass is 16.4. The number of hydrogen-bond acceptors (Lipinski definition) is 5. The largest absolute Gasteiger partial charge is 0.481 e. The van der Waals surface area contributed by atoms with E-state index in [4.69, 9.17) is 5.11 Å². The number of aromatic nitrogens is 2. The predicted molar refractivity (Wildman–Crippen MR) is 75.4 cm³/mol. The fraction of sp³-hybridized carbons (Fsp3) is 0.615. The quantitative estimate of drug-likeness (QED) is 0.758. The number of carboxylic acids is 1. The van der Waals surface area contributed by atoms with Gasteiger partial charge in [-0.25, -0.2) is 9.97 Å². The summed E-state index contributed by atoms with van der Waals surface area (Å²) in [6.45, 7) is 9.75. The highest BCUT2D eigenvalue weighted by molar-refractivity contribution is 5.69. The Kier molecular flexibility index (Phi) is 4.34. The van der Waals surface area contributed by atoms with Gasteiger partial charge in [0.15, 0.2) is 0 Å². The highest BCUT2D eigenvalue weighted by Gasteiger charge is 2.22. The second-order valence-corrected chi connectivity index (χ2v) is 6.24. The average Bonchev–Trinajstić information content (AvgIpc) is 2.11. The molecule has 0 spiro atoms. The van der Waals surface area contributed by atoms with Gasteiger partial charge in [0.05, 0.1) is 6.42 Å². The maximum Gasteiger partial charge on any atom is 0.305 e. The summed E-state index contributed by atoms with van der Waals surface area (Å²) in [4.78, 5) is 19.0. The summed E-state index contributed by atoms with van der Waals surface area (Å²) in [5.41, 5.74) is -0.665. The van der Waals surface area contributed by atoms with Crippen LogP contribution in [0, 0.1) is 0 Å². The van der Waals surface area contributed by atoms with Crippen LogP contribution in [0.4, 0.5) is 11.6 Å². The molecule has 6 nitrogen and oxygen atoms in total. The fourth-order valence-corrected chi connectivity index (χ4v) is 1.65. The molecule has 0 unspecified atom stereocenters. The number of rotatable bonds is 5. The van der Waals surface area contributed by atoms with E-state index < -0.39 is 11.5 Å². The van der Waals surface area contributed by atoms with Crippen LogP contribution in [0.1, 0.15) is 41.0 Å². The van der Waals surface area contributed by atoms with Crippen molar-refractivity contribution < 1.29 is 9.90 Å². The van der Waals surface area contributed by atoms with Crippen LogP contribution in [-0.4, -0.2) is 32.1 Å². The minimum Gasteiger partial charge on any atom is -0.481 e. The van der Waals surface area contributed by atoms with Crippen molar-refractivity contribution in [1.29, 1.82) is 0 Å². The first kappa shape index (κ1) is 15.2. The van der Waals surface area contributed by atoms with E-state index >= 15 is 0 Å². The van der Waals surface area contributed by atoms with Crippen molar-refractivity contribution in [3.63, 3.8) is 0 Å². The lowest BCUT2D eigenvalue weighted by molar-refractivity contribution is -0.137. The highest BCUT2D eigenvalue weighted by Crippen LogP contribution is 2.19. The zero-order valence-electron chi connectivity index (χ0n) is 12.1. The van der Waals surface area contributed by atoms with E-state index in [1.54, 1.807) is 6.07 Å². The zero-order chi connectivity index (χ0) is 14.7. The molecule has 1 aromatic heterocycles. The van der Waals surface area contributed by atoms with Crippen molar-refractivity contribution in [2.75, 3.05) is 10.6 Å². The summed E-state index contributed by atoms with van der Waals surface area (Å²) in [5.74, 6) is 0.462. The van der Waals surface area contributed by atoms with Gasteiger partial charge in [0.1, 0.15) is 18.0 Å². The SMILES string of the molecule is CC(C)(C)Nc1cc(NC(C)(C)CC(=O)O)ncn1. The third-order valence-electron chi connectivity index (χ3n) is 2.23. The first-order chi connectivity index (χ1) is 8.57. The molecule has 0 saturated heterocycles. The molecule has 0 saturated carbocycles. The molecule has 0 aromatic carbocycles. The van der Waals surface area contributed by atoms with E-state index in [0.717, 1.165) is 0 Å². The van der Waals surface area contributed by atoms with Crippen molar-refractivity contribution in [3.05, 3.63) is 12.4 Å². The Hall–Kier alpha value is -1.85. The minimum atomic E-state index is -0.848. The van der Waals surface area contributed by atoms with Crippen LogP contribution < -0.4 is 10.6 Å². The van der Waals surface area contributed by atoms with Crippen LogP contribution in [-0.2, 0) is 4.79 Å². The second kappa shape index (κ2) is 5.42. The van der Waals surface area contributed by atoms with Crippen LogP contribution in [0.2, 0.25) is 0 Å². The smallest absolute Gasteiger partial charge is 0.305 e. The van der Waals surface area contributed by atoms with Crippen molar-refractivity contribution in [3.8, 4) is 0 Å². The number of carboxylic acid groups (broad SMARTS) is 1. The van der Waals surface area contributed by atoms with Crippen LogP contribution in [0.25, 0.3) is 0 Å². The number of hydrogen-bond donors (Lipinski definition) is 3. The summed E-state index contributed by atoms with van der Waals surface area (Å²) in [6, 6.07) is 1.77. The van der Waals surface area contributed by atoms with Gasteiger partial charge in [-0.1, -0.05) is 0 Å². The van der Waals surface area contributed by atoms with Crippen LogP contribution in [0.15, 0.2) is 12.4 Å². The predicted octanol–water partition coefficient (Wildman–Crippen LogP) is 2.35. The lowest BCUT2D eigenvalue weighted by Crippen LogP contribution is -2.34. The molecule has 0 atom stereocenters. The number of carbonyl (C=O) groups is 1. The maximum absolute atomic E-state index is 10.8. The van der Waals surface area contributed by atoms with Gasteiger partial charge >= 0.3 is 5.97 Å². The average molecular weight is 266 g/mol. The molecule has 0 amide bonds. The summed E-state index contributed by atoms with van der Waals surface area (Å²) in [5, 5.41) is 15.2. The molecule has 0 aliphatic rings. The maximum atomic E-state index is 10.8. The number of nitrogens with one attached hydrogen (secondary N) is 2. The van der Waals surface area contributed by atoms with Gasteiger partial charge in [-0.3, -0.25) is 4.79 Å². The zero-order valence-corrected chi connectivity index (χ0v) is 12.1. The monoisotopic (exact) mass is 266 g/mol. The molecule has 0 aliphatic heterocycles. The van der Waals surface area contributed by atoms with Gasteiger partial charge in [0, 0.05) is 17.1 Å². The third kappa shape index (κ3) is 6.03. The molecule has 0 radical (unpaired) electrons. The second-order valence-electron chi connectivity index (χ2n) is 6.24. The number of anilines is 2. The Balaban J connectivity index is 2.80. The van der Waals surface area contributed by atoms with Gasteiger partial charge in [-0.15, -0.1) is 0 Å². The third-order valence-corrected chi connectivity index (χ3v) is 2.23. The topological polar surface area (TPSA) is 87.1 Å². The Morgan fingerprint density at radius 3 is 2.16 bits per heavy atom. The summed E-state index contributed by atoms with van der Waals surface area (Å²) >= 11 is 0. The van der Waals surface area contributed by atoms with E-state index in [2.05, 4.69) is 20.6 Å². The molecule has 1 heterocycles.